The lowest BCUT2D eigenvalue weighted by Crippen LogP contribution is -2.17. The van der Waals surface area contributed by atoms with Gasteiger partial charge in [0.2, 0.25) is 0 Å². The molecule has 3 rings (SSSR count). The van der Waals surface area contributed by atoms with Crippen LogP contribution < -0.4 is 10.1 Å². The highest BCUT2D eigenvalue weighted by Gasteiger charge is 2.13. The molecule has 0 aliphatic rings. The third kappa shape index (κ3) is 3.17. The smallest absolute Gasteiger partial charge is 0.410 e. The molecule has 24 heavy (non-hydrogen) atoms. The highest BCUT2D eigenvalue weighted by atomic mass is 16.6. The average Bonchev–Trinajstić information content (AvgIpc) is 2.55. The van der Waals surface area contributed by atoms with Crippen LogP contribution in [0.1, 0.15) is 5.56 Å². The summed E-state index contributed by atoms with van der Waals surface area (Å²) in [7, 11) is 0. The quantitative estimate of drug-likeness (QED) is 0.561. The van der Waals surface area contributed by atoms with Crippen molar-refractivity contribution in [3.63, 3.8) is 0 Å². The number of hydrogen-bond donors (Lipinski definition) is 1. The molecule has 0 saturated carbocycles. The molecule has 6 heteroatoms. The number of ether oxygens (including phenoxy) is 1. The SMILES string of the molecule is Cc1cc(OC(=O)Nc2cccc3ccccc23)ccc1[N+](=O)[O-]. The molecule has 0 bridgehead atoms. The second kappa shape index (κ2) is 6.37. The van der Waals surface area contributed by atoms with E-state index in [9.17, 15) is 14.9 Å². The maximum Gasteiger partial charge on any atom is 0.417 e. The summed E-state index contributed by atoms with van der Waals surface area (Å²) in [6.07, 6.45) is -0.653. The van der Waals surface area contributed by atoms with Crippen LogP contribution in [-0.2, 0) is 0 Å². The van der Waals surface area contributed by atoms with Crippen LogP contribution in [0.15, 0.2) is 60.7 Å². The fourth-order valence-electron chi connectivity index (χ4n) is 2.47. The van der Waals surface area contributed by atoms with Crippen molar-refractivity contribution >= 4 is 28.2 Å². The molecule has 0 saturated heterocycles. The van der Waals surface area contributed by atoms with Gasteiger partial charge in [0.25, 0.3) is 5.69 Å². The maximum atomic E-state index is 12.1. The van der Waals surface area contributed by atoms with Gasteiger partial charge >= 0.3 is 6.09 Å². The number of nitro groups is 1. The van der Waals surface area contributed by atoms with Crippen LogP contribution >= 0.6 is 0 Å². The monoisotopic (exact) mass is 322 g/mol. The van der Waals surface area contributed by atoms with Gasteiger partial charge in [-0.3, -0.25) is 15.4 Å². The van der Waals surface area contributed by atoms with E-state index in [2.05, 4.69) is 5.32 Å². The third-order valence-electron chi connectivity index (χ3n) is 3.60. The van der Waals surface area contributed by atoms with E-state index in [-0.39, 0.29) is 11.4 Å². The molecule has 0 aliphatic heterocycles. The molecule has 3 aromatic rings. The molecule has 0 unspecified atom stereocenters. The minimum absolute atomic E-state index is 0.0168. The molecule has 6 nitrogen and oxygen atoms in total. The van der Waals surface area contributed by atoms with Crippen molar-refractivity contribution in [2.75, 3.05) is 5.32 Å². The highest BCUT2D eigenvalue weighted by molar-refractivity contribution is 6.00. The van der Waals surface area contributed by atoms with E-state index < -0.39 is 11.0 Å². The van der Waals surface area contributed by atoms with Crippen molar-refractivity contribution < 1.29 is 14.5 Å². The number of carbonyl (C=O) groups excluding carboxylic acids is 1. The number of amides is 1. The van der Waals surface area contributed by atoms with E-state index in [1.165, 1.54) is 18.2 Å². The zero-order valence-electron chi connectivity index (χ0n) is 12.9. The van der Waals surface area contributed by atoms with E-state index >= 15 is 0 Å². The van der Waals surface area contributed by atoms with Crippen LogP contribution in [0.4, 0.5) is 16.2 Å². The second-order valence-corrected chi connectivity index (χ2v) is 5.25. The number of anilines is 1. The first-order valence-corrected chi connectivity index (χ1v) is 7.26. The number of carbonyl (C=O) groups is 1. The van der Waals surface area contributed by atoms with Gasteiger partial charge in [0.15, 0.2) is 0 Å². The van der Waals surface area contributed by atoms with Crippen LogP contribution in [0, 0.1) is 17.0 Å². The molecule has 3 aromatic carbocycles. The van der Waals surface area contributed by atoms with Crippen LogP contribution in [0.25, 0.3) is 10.8 Å². The summed E-state index contributed by atoms with van der Waals surface area (Å²) in [4.78, 5) is 22.4. The Morgan fingerprint density at radius 3 is 2.58 bits per heavy atom. The summed E-state index contributed by atoms with van der Waals surface area (Å²) in [6.45, 7) is 1.59. The van der Waals surface area contributed by atoms with E-state index in [0.717, 1.165) is 10.8 Å². The Morgan fingerprint density at radius 2 is 1.83 bits per heavy atom. The first-order valence-electron chi connectivity index (χ1n) is 7.26. The highest BCUT2D eigenvalue weighted by Crippen LogP contribution is 2.25. The van der Waals surface area contributed by atoms with E-state index in [4.69, 9.17) is 4.74 Å². The second-order valence-electron chi connectivity index (χ2n) is 5.25. The van der Waals surface area contributed by atoms with Gasteiger partial charge < -0.3 is 4.74 Å². The molecule has 0 fully saturated rings. The minimum atomic E-state index is -0.653. The topological polar surface area (TPSA) is 81.5 Å². The Bertz CT molecular complexity index is 932. The Labute approximate surface area is 137 Å². The fraction of sp³-hybridized carbons (Fsp3) is 0.0556. The molecule has 0 aliphatic carbocycles. The van der Waals surface area contributed by atoms with Gasteiger partial charge in [-0.05, 0) is 30.5 Å². The number of hydrogen-bond acceptors (Lipinski definition) is 4. The van der Waals surface area contributed by atoms with Gasteiger partial charge in [-0.2, -0.15) is 0 Å². The van der Waals surface area contributed by atoms with E-state index in [0.29, 0.717) is 11.3 Å². The van der Waals surface area contributed by atoms with Gasteiger partial charge in [-0.15, -0.1) is 0 Å². The Hall–Kier alpha value is -3.41. The van der Waals surface area contributed by atoms with Crippen LogP contribution in [0.2, 0.25) is 0 Å². The Balaban J connectivity index is 1.78. The molecule has 0 radical (unpaired) electrons. The molecule has 1 N–H and O–H groups in total. The number of rotatable bonds is 3. The van der Waals surface area contributed by atoms with Crippen molar-refractivity contribution in [1.82, 2.24) is 0 Å². The van der Waals surface area contributed by atoms with Gasteiger partial charge in [-0.1, -0.05) is 36.4 Å². The fourth-order valence-corrected chi connectivity index (χ4v) is 2.47. The Morgan fingerprint density at radius 1 is 1.08 bits per heavy atom. The largest absolute Gasteiger partial charge is 0.417 e. The normalized spacial score (nSPS) is 10.4. The van der Waals surface area contributed by atoms with Gasteiger partial charge in [0.05, 0.1) is 10.6 Å². The van der Waals surface area contributed by atoms with Crippen LogP contribution in [0.5, 0.6) is 5.75 Å². The van der Waals surface area contributed by atoms with Gasteiger partial charge in [-0.25, -0.2) is 4.79 Å². The number of aryl methyl sites for hydroxylation is 1. The first-order chi connectivity index (χ1) is 11.5. The zero-order chi connectivity index (χ0) is 17.1. The molecule has 0 spiro atoms. The number of nitrogens with zero attached hydrogens (tertiary/aromatic N) is 1. The van der Waals surface area contributed by atoms with E-state index in [1.807, 2.05) is 36.4 Å². The van der Waals surface area contributed by atoms with Crippen molar-refractivity contribution in [2.45, 2.75) is 6.92 Å². The molecular formula is C18H14N2O4. The summed E-state index contributed by atoms with van der Waals surface area (Å²) >= 11 is 0. The van der Waals surface area contributed by atoms with Gasteiger partial charge in [0.1, 0.15) is 5.75 Å². The van der Waals surface area contributed by atoms with Crippen molar-refractivity contribution in [1.29, 1.82) is 0 Å². The summed E-state index contributed by atoms with van der Waals surface area (Å²) < 4.78 is 5.21. The van der Waals surface area contributed by atoms with Crippen LogP contribution in [-0.4, -0.2) is 11.0 Å². The standard InChI is InChI=1S/C18H14N2O4/c1-12-11-14(9-10-17(12)20(22)23)24-18(21)19-16-8-4-6-13-5-2-3-7-15(13)16/h2-11H,1H3,(H,19,21). The van der Waals surface area contributed by atoms with Crippen molar-refractivity contribution in [2.24, 2.45) is 0 Å². The third-order valence-corrected chi connectivity index (χ3v) is 3.60. The summed E-state index contributed by atoms with van der Waals surface area (Å²) in [6, 6.07) is 17.4. The lowest BCUT2D eigenvalue weighted by Gasteiger charge is -2.09. The molecule has 120 valence electrons. The van der Waals surface area contributed by atoms with Crippen molar-refractivity contribution in [3.05, 3.63) is 76.3 Å². The number of nitrogens with one attached hydrogen (secondary N) is 1. The first kappa shape index (κ1) is 15.5. The van der Waals surface area contributed by atoms with E-state index in [1.54, 1.807) is 13.0 Å². The zero-order valence-corrected chi connectivity index (χ0v) is 12.9. The van der Waals surface area contributed by atoms with Gasteiger partial charge in [0, 0.05) is 17.0 Å². The number of nitro benzene ring substituents is 1. The number of fused-ring (bicyclic) bond motifs is 1. The molecule has 0 heterocycles. The predicted octanol–water partition coefficient (Wildman–Crippen LogP) is 4.67. The van der Waals surface area contributed by atoms with Crippen molar-refractivity contribution in [3.8, 4) is 5.75 Å². The average molecular weight is 322 g/mol. The molecule has 1 amide bonds. The van der Waals surface area contributed by atoms with Crippen LogP contribution in [0.3, 0.4) is 0 Å². The maximum absolute atomic E-state index is 12.1. The lowest BCUT2D eigenvalue weighted by atomic mass is 10.1. The Kier molecular flexibility index (Phi) is 4.11. The molecule has 0 aromatic heterocycles. The summed E-state index contributed by atoms with van der Waals surface area (Å²) in [5.41, 5.74) is 1.05. The predicted molar refractivity (Wildman–Crippen MR) is 91.4 cm³/mol. The minimum Gasteiger partial charge on any atom is -0.410 e. The molecular weight excluding hydrogens is 308 g/mol. The summed E-state index contributed by atoms with van der Waals surface area (Å²) in [5.74, 6) is 0.246. The molecule has 0 atom stereocenters. The summed E-state index contributed by atoms with van der Waals surface area (Å²) in [5, 5.41) is 15.4. The lowest BCUT2D eigenvalue weighted by molar-refractivity contribution is -0.385. The number of benzene rings is 3.